The molecule has 0 aliphatic heterocycles. The fraction of sp³-hybridized carbons (Fsp3) is 0. The van der Waals surface area contributed by atoms with Crippen LogP contribution in [-0.4, -0.2) is 19.5 Å². The summed E-state index contributed by atoms with van der Waals surface area (Å²) in [5.74, 6) is 0.0614. The van der Waals surface area contributed by atoms with Crippen molar-refractivity contribution < 1.29 is 22.2 Å². The van der Waals surface area contributed by atoms with Gasteiger partial charge in [-0.1, -0.05) is 115 Å². The minimum Gasteiger partial charge on any atom is -0.456 e. The monoisotopic (exact) mass is 577 g/mol. The maximum absolute atomic E-state index is 8.95. The third kappa shape index (κ3) is 3.83. The van der Waals surface area contributed by atoms with Crippen LogP contribution in [-0.2, 0) is 0 Å². The number of nitrogens with zero attached hydrogens (tertiary/aromatic N) is 4. The molecule has 3 heterocycles. The molecule has 0 saturated carbocycles. The molecular weight excluding hydrogens is 540 g/mol. The van der Waals surface area contributed by atoms with Crippen LogP contribution in [0.3, 0.4) is 0 Å². The highest BCUT2D eigenvalue weighted by Crippen LogP contribution is 2.38. The maximum atomic E-state index is 8.95. The van der Waals surface area contributed by atoms with Crippen LogP contribution in [0.15, 0.2) is 150 Å². The molecule has 0 aliphatic rings. The predicted octanol–water partition coefficient (Wildman–Crippen LogP) is 9.87. The van der Waals surface area contributed by atoms with E-state index in [1.54, 1.807) is 66.7 Å². The van der Waals surface area contributed by atoms with E-state index < -0.39 is 66.5 Å². The first kappa shape index (κ1) is 14.9. The molecule has 0 N–H and O–H groups in total. The number of aromatic nitrogens is 4. The molecule has 0 radical (unpaired) electrons. The van der Waals surface area contributed by atoms with Crippen molar-refractivity contribution in [3.8, 4) is 39.9 Å². The number of fused-ring (bicyclic) bond motifs is 6. The second kappa shape index (κ2) is 9.75. The van der Waals surface area contributed by atoms with Crippen molar-refractivity contribution in [1.29, 1.82) is 0 Å². The fourth-order valence-electron chi connectivity index (χ4n) is 5.49. The molecule has 44 heavy (non-hydrogen) atoms. The fourth-order valence-corrected chi connectivity index (χ4v) is 5.49. The van der Waals surface area contributed by atoms with Crippen LogP contribution >= 0.6 is 0 Å². The molecule has 0 amide bonds. The van der Waals surface area contributed by atoms with Gasteiger partial charge in [-0.2, -0.15) is 9.97 Å². The largest absolute Gasteiger partial charge is 0.456 e. The summed E-state index contributed by atoms with van der Waals surface area (Å²) in [5.41, 5.74) is 1.82. The lowest BCUT2D eigenvalue weighted by molar-refractivity contribution is 0.669. The smallest absolute Gasteiger partial charge is 0.238 e. The molecular formula is C39H24N4O. The Morgan fingerprint density at radius 1 is 0.523 bits per heavy atom. The molecule has 0 bridgehead atoms. The van der Waals surface area contributed by atoms with Crippen LogP contribution < -0.4 is 0 Å². The Kier molecular flexibility index (Phi) is 3.30. The molecule has 6 aromatic carbocycles. The van der Waals surface area contributed by atoms with Crippen LogP contribution in [0.2, 0.25) is 0 Å². The van der Waals surface area contributed by atoms with E-state index in [1.807, 2.05) is 0 Å². The van der Waals surface area contributed by atoms with E-state index >= 15 is 0 Å². The summed E-state index contributed by atoms with van der Waals surface area (Å²) in [6.45, 7) is 0. The van der Waals surface area contributed by atoms with E-state index in [2.05, 4.69) is 0 Å². The lowest BCUT2D eigenvalue weighted by atomic mass is 9.99. The van der Waals surface area contributed by atoms with Gasteiger partial charge in [-0.25, -0.2) is 4.98 Å². The Morgan fingerprint density at radius 2 is 1.20 bits per heavy atom. The van der Waals surface area contributed by atoms with Crippen LogP contribution in [0.1, 0.15) is 17.8 Å². The van der Waals surface area contributed by atoms with E-state index in [9.17, 15) is 0 Å². The molecule has 206 valence electrons. The van der Waals surface area contributed by atoms with Gasteiger partial charge in [0.25, 0.3) is 0 Å². The third-order valence-corrected chi connectivity index (χ3v) is 7.41. The molecule has 0 unspecified atom stereocenters. The average molecular weight is 578 g/mol. The maximum Gasteiger partial charge on any atom is 0.238 e. The number of para-hydroxylation sites is 2. The van der Waals surface area contributed by atoms with Gasteiger partial charge in [-0.15, -0.1) is 0 Å². The van der Waals surface area contributed by atoms with E-state index in [4.69, 9.17) is 37.2 Å². The van der Waals surface area contributed by atoms with Crippen molar-refractivity contribution in [2.75, 3.05) is 0 Å². The van der Waals surface area contributed by atoms with Gasteiger partial charge in [-0.3, -0.25) is 4.57 Å². The van der Waals surface area contributed by atoms with Gasteiger partial charge < -0.3 is 4.42 Å². The standard InChI is InChI=1S/C39H24N4O/c1-3-12-25(13-4-1)28-18-11-21-34-36(28)31-23-22-27(24-35(31)44-34)38-40-37(26-14-5-2-6-15-26)41-39(42-38)43-32-19-9-7-16-29(32)30-17-8-10-20-33(30)43/h1-24H/i1D,3D,4D,7D,8D,9D,10D,12D,13D,16D,17D,19D,20D. The molecule has 0 spiro atoms. The Labute approximate surface area is 271 Å². The molecule has 9 rings (SSSR count). The van der Waals surface area contributed by atoms with Gasteiger partial charge in [0.1, 0.15) is 11.2 Å². The zero-order valence-corrected chi connectivity index (χ0v) is 22.5. The lowest BCUT2D eigenvalue weighted by Gasteiger charge is -2.11. The predicted molar refractivity (Wildman–Crippen MR) is 178 cm³/mol. The molecule has 5 heteroatoms. The Bertz CT molecular complexity index is 3130. The first-order chi connectivity index (χ1) is 27.2. The molecule has 0 aliphatic carbocycles. The van der Waals surface area contributed by atoms with Crippen molar-refractivity contribution in [2.24, 2.45) is 0 Å². The summed E-state index contributed by atoms with van der Waals surface area (Å²) >= 11 is 0. The Balaban J connectivity index is 1.34. The van der Waals surface area contributed by atoms with Crippen molar-refractivity contribution in [3.05, 3.63) is 145 Å². The van der Waals surface area contributed by atoms with Gasteiger partial charge in [0, 0.05) is 32.7 Å². The zero-order valence-electron chi connectivity index (χ0n) is 35.5. The van der Waals surface area contributed by atoms with Crippen LogP contribution in [0.25, 0.3) is 83.6 Å². The summed E-state index contributed by atoms with van der Waals surface area (Å²) in [4.78, 5) is 14.3. The van der Waals surface area contributed by atoms with Gasteiger partial charge in [-0.05, 0) is 41.4 Å². The zero-order chi connectivity index (χ0) is 40.3. The normalized spacial score (nSPS) is 15.8. The van der Waals surface area contributed by atoms with E-state index in [-0.39, 0.29) is 57.1 Å². The topological polar surface area (TPSA) is 56.7 Å². The van der Waals surface area contributed by atoms with E-state index in [1.165, 1.54) is 4.57 Å². The third-order valence-electron chi connectivity index (χ3n) is 7.41. The van der Waals surface area contributed by atoms with Crippen molar-refractivity contribution in [1.82, 2.24) is 19.5 Å². The minimum atomic E-state index is -0.581. The molecule has 5 nitrogen and oxygen atoms in total. The van der Waals surface area contributed by atoms with E-state index in [0.29, 0.717) is 38.6 Å². The summed E-state index contributed by atoms with van der Waals surface area (Å²) in [6.07, 6.45) is 0. The number of benzene rings is 6. The van der Waals surface area contributed by atoms with Crippen LogP contribution in [0.4, 0.5) is 0 Å². The summed E-state index contributed by atoms with van der Waals surface area (Å²) in [6, 6.07) is 12.6. The van der Waals surface area contributed by atoms with E-state index in [0.717, 1.165) is 0 Å². The molecule has 3 aromatic heterocycles. The van der Waals surface area contributed by atoms with Crippen molar-refractivity contribution in [2.45, 2.75) is 0 Å². The lowest BCUT2D eigenvalue weighted by Crippen LogP contribution is -2.06. The van der Waals surface area contributed by atoms with Gasteiger partial charge in [0.05, 0.1) is 28.9 Å². The van der Waals surface area contributed by atoms with Crippen LogP contribution in [0, 0.1) is 0 Å². The molecule has 0 saturated heterocycles. The first-order valence-corrected chi connectivity index (χ1v) is 13.6. The highest BCUT2D eigenvalue weighted by molar-refractivity contribution is 6.13. The number of furan rings is 1. The summed E-state index contributed by atoms with van der Waals surface area (Å²) in [7, 11) is 0. The minimum absolute atomic E-state index is 0.0233. The average Bonchev–Trinajstić information content (AvgIpc) is 3.79. The SMILES string of the molecule is [2H]c1c([2H])c([2H])c(-c2cccc3oc4cc(-c5nc(-c6ccccc6)nc(-n6c7c([2H])c([2H])c([2H])c([2H])c7c7c([2H])c([2H])c([2H])c([2H])c76)n5)ccc4c23)c([2H])c1[2H]. The van der Waals surface area contributed by atoms with Gasteiger partial charge in [0.15, 0.2) is 11.6 Å². The molecule has 9 aromatic rings. The van der Waals surface area contributed by atoms with Gasteiger partial charge in [0.2, 0.25) is 5.95 Å². The quantitative estimate of drug-likeness (QED) is 0.209. The number of hydrogen-bond donors (Lipinski definition) is 0. The summed E-state index contributed by atoms with van der Waals surface area (Å²) < 4.78 is 119. The second-order valence-electron chi connectivity index (χ2n) is 9.92. The Morgan fingerprint density at radius 3 is 1.95 bits per heavy atom. The first-order valence-electron chi connectivity index (χ1n) is 20.1. The summed E-state index contributed by atoms with van der Waals surface area (Å²) in [5, 5.41) is 0.852. The molecule has 0 fully saturated rings. The highest BCUT2D eigenvalue weighted by atomic mass is 16.3. The Hall–Kier alpha value is -6.07. The van der Waals surface area contributed by atoms with Crippen molar-refractivity contribution >= 4 is 43.7 Å². The van der Waals surface area contributed by atoms with Crippen molar-refractivity contribution in [3.63, 3.8) is 0 Å². The van der Waals surface area contributed by atoms with Crippen LogP contribution in [0.5, 0.6) is 0 Å². The number of rotatable bonds is 4. The highest BCUT2D eigenvalue weighted by Gasteiger charge is 2.19. The second-order valence-corrected chi connectivity index (χ2v) is 9.92. The van der Waals surface area contributed by atoms with Gasteiger partial charge >= 0.3 is 0 Å². The molecule has 0 atom stereocenters. The number of hydrogen-bond acceptors (Lipinski definition) is 4.